The van der Waals surface area contributed by atoms with Crippen molar-refractivity contribution in [2.24, 2.45) is 5.92 Å². The highest BCUT2D eigenvalue weighted by Gasteiger charge is 2.59. The zero-order valence-electron chi connectivity index (χ0n) is 16.4. The highest BCUT2D eigenvalue weighted by Crippen LogP contribution is 2.53. The van der Waals surface area contributed by atoms with Gasteiger partial charge < -0.3 is 14.7 Å². The summed E-state index contributed by atoms with van der Waals surface area (Å²) in [6, 6.07) is 6.11. The molecule has 2 aromatic rings. The molecule has 4 rings (SSSR count). The molecule has 1 N–H and O–H groups in total. The molecule has 1 aromatic carbocycles. The summed E-state index contributed by atoms with van der Waals surface area (Å²) in [6.07, 6.45) is 5.65. The van der Waals surface area contributed by atoms with Crippen molar-refractivity contribution in [3.63, 3.8) is 0 Å². The van der Waals surface area contributed by atoms with E-state index in [4.69, 9.17) is 9.84 Å². The van der Waals surface area contributed by atoms with Gasteiger partial charge in [0.1, 0.15) is 0 Å². The van der Waals surface area contributed by atoms with Crippen LogP contribution in [0.4, 0.5) is 5.69 Å². The third kappa shape index (κ3) is 3.51. The minimum atomic E-state index is -0.922. The Morgan fingerprint density at radius 2 is 2.31 bits per heavy atom. The lowest BCUT2D eigenvalue weighted by molar-refractivity contribution is -0.145. The quantitative estimate of drug-likeness (QED) is 0.460. The van der Waals surface area contributed by atoms with Crippen molar-refractivity contribution >= 4 is 34.2 Å². The summed E-state index contributed by atoms with van der Waals surface area (Å²) in [5.74, 6) is 0.0860. The van der Waals surface area contributed by atoms with Gasteiger partial charge in [0, 0.05) is 47.4 Å². The summed E-state index contributed by atoms with van der Waals surface area (Å²) < 4.78 is 9.41. The second-order valence-corrected chi connectivity index (χ2v) is 8.96. The molecule has 1 spiro atoms. The Morgan fingerprint density at radius 1 is 1.48 bits per heavy atom. The molecule has 154 valence electrons. The fourth-order valence-corrected chi connectivity index (χ4v) is 4.98. The molecule has 2 aliphatic rings. The summed E-state index contributed by atoms with van der Waals surface area (Å²) in [4.78, 5) is 15.3. The molecule has 1 fully saturated rings. The van der Waals surface area contributed by atoms with Crippen LogP contribution in [0.3, 0.4) is 0 Å². The standard InChI is InChI=1S/C21H25IN4O3/c1-3-8-26-19-5-4-15(22)12-18(19)21(20(26)28)14(2)11-17(29-21)6-9-25-13-16(7-10-27)23-24-25/h3-5,12-14,17,27H,1,6-11H2,2H3/t14-,17+,21+/m1/s1. The van der Waals surface area contributed by atoms with E-state index in [0.717, 1.165) is 33.4 Å². The number of aliphatic hydroxyl groups is 1. The van der Waals surface area contributed by atoms with E-state index in [0.29, 0.717) is 19.5 Å². The van der Waals surface area contributed by atoms with Crippen LogP contribution in [-0.4, -0.2) is 45.3 Å². The Kier molecular flexibility index (Phi) is 5.76. The summed E-state index contributed by atoms with van der Waals surface area (Å²) in [5.41, 5.74) is 1.75. The molecule has 1 aromatic heterocycles. The molecule has 0 aliphatic carbocycles. The smallest absolute Gasteiger partial charge is 0.264 e. The third-order valence-electron chi connectivity index (χ3n) is 5.82. The number of ether oxygens (including phenoxy) is 1. The molecule has 3 atom stereocenters. The van der Waals surface area contributed by atoms with Crippen LogP contribution in [0.15, 0.2) is 37.1 Å². The number of rotatable bonds is 7. The van der Waals surface area contributed by atoms with Crippen molar-refractivity contribution in [1.29, 1.82) is 0 Å². The van der Waals surface area contributed by atoms with Gasteiger partial charge >= 0.3 is 0 Å². The number of nitrogens with zero attached hydrogens (tertiary/aromatic N) is 4. The molecule has 2 aliphatic heterocycles. The largest absolute Gasteiger partial charge is 0.396 e. The zero-order chi connectivity index (χ0) is 20.6. The van der Waals surface area contributed by atoms with Crippen LogP contribution in [0.25, 0.3) is 0 Å². The summed E-state index contributed by atoms with van der Waals surface area (Å²) in [5, 5.41) is 17.2. The first-order valence-corrected chi connectivity index (χ1v) is 11.0. The van der Waals surface area contributed by atoms with Gasteiger partial charge in [-0.1, -0.05) is 18.2 Å². The lowest BCUT2D eigenvalue weighted by Crippen LogP contribution is -2.44. The van der Waals surface area contributed by atoms with Crippen molar-refractivity contribution in [2.45, 2.75) is 44.4 Å². The van der Waals surface area contributed by atoms with Crippen molar-refractivity contribution in [1.82, 2.24) is 15.0 Å². The molecule has 3 heterocycles. The van der Waals surface area contributed by atoms with E-state index >= 15 is 0 Å². The van der Waals surface area contributed by atoms with Gasteiger partial charge in [0.15, 0.2) is 5.60 Å². The van der Waals surface area contributed by atoms with E-state index in [1.54, 1.807) is 15.7 Å². The Hall–Kier alpha value is -1.78. The lowest BCUT2D eigenvalue weighted by atomic mass is 9.83. The second-order valence-electron chi connectivity index (χ2n) is 7.71. The van der Waals surface area contributed by atoms with E-state index < -0.39 is 5.60 Å². The van der Waals surface area contributed by atoms with Gasteiger partial charge in [-0.25, -0.2) is 0 Å². The van der Waals surface area contributed by atoms with Crippen molar-refractivity contribution < 1.29 is 14.6 Å². The fraction of sp³-hybridized carbons (Fsp3) is 0.476. The van der Waals surface area contributed by atoms with E-state index in [1.807, 2.05) is 18.3 Å². The highest BCUT2D eigenvalue weighted by molar-refractivity contribution is 14.1. The summed E-state index contributed by atoms with van der Waals surface area (Å²) in [7, 11) is 0. The molecule has 7 nitrogen and oxygen atoms in total. The first-order valence-electron chi connectivity index (χ1n) is 9.90. The average Bonchev–Trinajstić information content (AvgIpc) is 3.34. The number of anilines is 1. The minimum absolute atomic E-state index is 0.00962. The van der Waals surface area contributed by atoms with E-state index in [-0.39, 0.29) is 24.5 Å². The molecule has 1 amide bonds. The molecular weight excluding hydrogens is 483 g/mol. The predicted molar refractivity (Wildman–Crippen MR) is 117 cm³/mol. The first kappa shape index (κ1) is 20.5. The van der Waals surface area contributed by atoms with E-state index in [1.165, 1.54) is 0 Å². The number of benzene rings is 1. The number of carbonyl (C=O) groups is 1. The van der Waals surface area contributed by atoms with Crippen molar-refractivity contribution in [2.75, 3.05) is 18.1 Å². The average molecular weight is 508 g/mol. The van der Waals surface area contributed by atoms with Gasteiger partial charge in [0.2, 0.25) is 0 Å². The number of aryl methyl sites for hydroxylation is 1. The fourth-order valence-electron chi connectivity index (χ4n) is 4.48. The molecule has 8 heteroatoms. The lowest BCUT2D eigenvalue weighted by Gasteiger charge is -2.28. The Bertz CT molecular complexity index is 930. The Balaban J connectivity index is 1.55. The monoisotopic (exact) mass is 508 g/mol. The molecule has 0 radical (unpaired) electrons. The van der Waals surface area contributed by atoms with Gasteiger partial charge in [0.25, 0.3) is 5.91 Å². The van der Waals surface area contributed by atoms with Gasteiger partial charge in [-0.3, -0.25) is 9.48 Å². The number of fused-ring (bicyclic) bond motifs is 2. The number of hydrogen-bond acceptors (Lipinski definition) is 5. The van der Waals surface area contributed by atoms with E-state index in [9.17, 15) is 4.79 Å². The van der Waals surface area contributed by atoms with E-state index in [2.05, 4.69) is 52.5 Å². The van der Waals surface area contributed by atoms with Crippen LogP contribution in [-0.2, 0) is 28.1 Å². The maximum atomic E-state index is 13.5. The van der Waals surface area contributed by atoms with Crippen LogP contribution in [0.1, 0.15) is 31.0 Å². The highest BCUT2D eigenvalue weighted by atomic mass is 127. The predicted octanol–water partition coefficient (Wildman–Crippen LogP) is 2.66. The number of carbonyl (C=O) groups excluding carboxylic acids is 1. The Morgan fingerprint density at radius 3 is 3.07 bits per heavy atom. The zero-order valence-corrected chi connectivity index (χ0v) is 18.6. The molecule has 29 heavy (non-hydrogen) atoms. The Labute approximate surface area is 183 Å². The second kappa shape index (κ2) is 8.16. The number of aromatic nitrogens is 3. The summed E-state index contributed by atoms with van der Waals surface area (Å²) in [6.45, 7) is 7.11. The third-order valence-corrected chi connectivity index (χ3v) is 6.49. The normalized spacial score (nSPS) is 25.8. The first-order chi connectivity index (χ1) is 14.0. The number of aliphatic hydroxyl groups excluding tert-OH is 1. The molecule has 1 saturated heterocycles. The van der Waals surface area contributed by atoms with Crippen molar-refractivity contribution in [3.05, 3.63) is 51.9 Å². The molecular formula is C21H25IN4O3. The van der Waals surface area contributed by atoms with Gasteiger partial charge in [-0.15, -0.1) is 11.7 Å². The van der Waals surface area contributed by atoms with Crippen LogP contribution in [0.2, 0.25) is 0 Å². The molecule has 0 bridgehead atoms. The number of amides is 1. The van der Waals surface area contributed by atoms with Crippen LogP contribution >= 0.6 is 22.6 Å². The maximum absolute atomic E-state index is 13.5. The molecule has 0 unspecified atom stereocenters. The van der Waals surface area contributed by atoms with Crippen LogP contribution < -0.4 is 4.90 Å². The SMILES string of the molecule is C=CCN1C(=O)[C@@]2(O[C@@H](CCn3cc(CCO)nn3)C[C@H]2C)c2cc(I)ccc21. The van der Waals surface area contributed by atoms with Crippen molar-refractivity contribution in [3.8, 4) is 0 Å². The number of hydrogen-bond donors (Lipinski definition) is 1. The maximum Gasteiger partial charge on any atom is 0.264 e. The van der Waals surface area contributed by atoms with Gasteiger partial charge in [0.05, 0.1) is 17.5 Å². The summed E-state index contributed by atoms with van der Waals surface area (Å²) >= 11 is 2.28. The van der Waals surface area contributed by atoms with Crippen LogP contribution in [0.5, 0.6) is 0 Å². The number of halogens is 1. The topological polar surface area (TPSA) is 80.5 Å². The van der Waals surface area contributed by atoms with Gasteiger partial charge in [-0.05, 0) is 53.6 Å². The molecule has 0 saturated carbocycles. The van der Waals surface area contributed by atoms with Gasteiger partial charge in [-0.2, -0.15) is 0 Å². The van der Waals surface area contributed by atoms with Crippen LogP contribution in [0, 0.1) is 9.49 Å². The minimum Gasteiger partial charge on any atom is -0.396 e.